The van der Waals surface area contributed by atoms with Crippen molar-refractivity contribution in [3.8, 4) is 0 Å². The molecule has 0 saturated carbocycles. The Labute approximate surface area is 117 Å². The summed E-state index contributed by atoms with van der Waals surface area (Å²) in [5, 5.41) is 5.76. The molecule has 1 aromatic carbocycles. The topological polar surface area (TPSA) is 67.4 Å². The maximum absolute atomic E-state index is 11.6. The monoisotopic (exact) mass is 284 g/mol. The van der Waals surface area contributed by atoms with Gasteiger partial charge in [-0.2, -0.15) is 0 Å². The SMILES string of the molecule is COCCCC(=O)Nc1ccc(Cl)c(NC(C)=O)c1. The van der Waals surface area contributed by atoms with E-state index in [1.165, 1.54) is 6.92 Å². The predicted molar refractivity (Wildman–Crippen MR) is 75.5 cm³/mol. The van der Waals surface area contributed by atoms with Crippen molar-refractivity contribution in [1.29, 1.82) is 0 Å². The molecule has 0 fully saturated rings. The van der Waals surface area contributed by atoms with E-state index in [9.17, 15) is 9.59 Å². The minimum absolute atomic E-state index is 0.104. The molecule has 104 valence electrons. The fourth-order valence-electron chi connectivity index (χ4n) is 1.49. The van der Waals surface area contributed by atoms with Crippen molar-refractivity contribution >= 4 is 34.8 Å². The highest BCUT2D eigenvalue weighted by Crippen LogP contribution is 2.25. The molecule has 0 bridgehead atoms. The van der Waals surface area contributed by atoms with Crippen LogP contribution < -0.4 is 10.6 Å². The second kappa shape index (κ2) is 7.76. The van der Waals surface area contributed by atoms with Gasteiger partial charge in [-0.1, -0.05) is 11.6 Å². The van der Waals surface area contributed by atoms with Crippen molar-refractivity contribution in [2.75, 3.05) is 24.4 Å². The average Bonchev–Trinajstić information content (AvgIpc) is 2.33. The molecule has 1 rings (SSSR count). The lowest BCUT2D eigenvalue weighted by atomic mass is 10.2. The molecule has 6 heteroatoms. The minimum atomic E-state index is -0.217. The summed E-state index contributed by atoms with van der Waals surface area (Å²) >= 11 is 5.94. The van der Waals surface area contributed by atoms with Crippen LogP contribution in [-0.2, 0) is 14.3 Å². The smallest absolute Gasteiger partial charge is 0.224 e. The molecule has 0 spiro atoms. The number of hydrogen-bond donors (Lipinski definition) is 2. The Morgan fingerprint density at radius 3 is 2.68 bits per heavy atom. The van der Waals surface area contributed by atoms with Gasteiger partial charge in [0, 0.05) is 32.7 Å². The van der Waals surface area contributed by atoms with Crippen molar-refractivity contribution in [3.05, 3.63) is 23.2 Å². The summed E-state index contributed by atoms with van der Waals surface area (Å²) in [6.07, 6.45) is 1.04. The zero-order valence-corrected chi connectivity index (χ0v) is 11.7. The maximum Gasteiger partial charge on any atom is 0.224 e. The standard InChI is InChI=1S/C13H17ClN2O3/c1-9(17)15-12-8-10(5-6-11(12)14)16-13(18)4-3-7-19-2/h5-6,8H,3-4,7H2,1-2H3,(H,15,17)(H,16,18). The average molecular weight is 285 g/mol. The molecule has 19 heavy (non-hydrogen) atoms. The summed E-state index contributed by atoms with van der Waals surface area (Å²) in [6.45, 7) is 1.94. The number of amides is 2. The number of anilines is 2. The molecule has 2 amide bonds. The summed E-state index contributed by atoms with van der Waals surface area (Å²) in [6, 6.07) is 4.93. The molecule has 0 aromatic heterocycles. The normalized spacial score (nSPS) is 10.1. The minimum Gasteiger partial charge on any atom is -0.385 e. The summed E-state index contributed by atoms with van der Waals surface area (Å²) in [5.74, 6) is -0.321. The molecular formula is C13H17ClN2O3. The number of nitrogens with one attached hydrogen (secondary N) is 2. The molecule has 2 N–H and O–H groups in total. The second-order valence-electron chi connectivity index (χ2n) is 4.02. The van der Waals surface area contributed by atoms with Crippen LogP contribution in [0.15, 0.2) is 18.2 Å². The van der Waals surface area contributed by atoms with E-state index in [-0.39, 0.29) is 11.8 Å². The van der Waals surface area contributed by atoms with Crippen molar-refractivity contribution in [3.63, 3.8) is 0 Å². The van der Waals surface area contributed by atoms with Gasteiger partial charge in [-0.25, -0.2) is 0 Å². The first kappa shape index (κ1) is 15.5. The lowest BCUT2D eigenvalue weighted by molar-refractivity contribution is -0.116. The number of methoxy groups -OCH3 is 1. The molecule has 0 aliphatic rings. The van der Waals surface area contributed by atoms with Crippen LogP contribution >= 0.6 is 11.6 Å². The van der Waals surface area contributed by atoms with Gasteiger partial charge in [0.2, 0.25) is 11.8 Å². The van der Waals surface area contributed by atoms with Crippen LogP contribution in [0.25, 0.3) is 0 Å². The fourth-order valence-corrected chi connectivity index (χ4v) is 1.65. The van der Waals surface area contributed by atoms with Gasteiger partial charge in [0.15, 0.2) is 0 Å². The van der Waals surface area contributed by atoms with Crippen LogP contribution in [0.4, 0.5) is 11.4 Å². The highest BCUT2D eigenvalue weighted by Gasteiger charge is 2.06. The van der Waals surface area contributed by atoms with Gasteiger partial charge in [0.25, 0.3) is 0 Å². The lowest BCUT2D eigenvalue weighted by Crippen LogP contribution is -2.13. The van der Waals surface area contributed by atoms with E-state index in [0.717, 1.165) is 0 Å². The maximum atomic E-state index is 11.6. The van der Waals surface area contributed by atoms with Crippen LogP contribution in [0.5, 0.6) is 0 Å². The van der Waals surface area contributed by atoms with Crippen molar-refractivity contribution in [2.45, 2.75) is 19.8 Å². The van der Waals surface area contributed by atoms with Crippen LogP contribution in [0.2, 0.25) is 5.02 Å². The van der Waals surface area contributed by atoms with Gasteiger partial charge in [-0.3, -0.25) is 9.59 Å². The predicted octanol–water partition coefficient (Wildman–Crippen LogP) is 2.66. The first-order chi connectivity index (χ1) is 9.02. The molecular weight excluding hydrogens is 268 g/mol. The third-order valence-electron chi connectivity index (χ3n) is 2.31. The Morgan fingerprint density at radius 1 is 1.32 bits per heavy atom. The van der Waals surface area contributed by atoms with Crippen LogP contribution in [0.1, 0.15) is 19.8 Å². The zero-order valence-electron chi connectivity index (χ0n) is 11.0. The Hall–Kier alpha value is -1.59. The van der Waals surface area contributed by atoms with Crippen molar-refractivity contribution in [1.82, 2.24) is 0 Å². The van der Waals surface area contributed by atoms with Crippen molar-refractivity contribution < 1.29 is 14.3 Å². The van der Waals surface area contributed by atoms with Gasteiger partial charge in [-0.05, 0) is 24.6 Å². The number of carbonyl (C=O) groups excluding carboxylic acids is 2. The molecule has 0 heterocycles. The molecule has 0 atom stereocenters. The van der Waals surface area contributed by atoms with Gasteiger partial charge < -0.3 is 15.4 Å². The molecule has 5 nitrogen and oxygen atoms in total. The van der Waals surface area contributed by atoms with Gasteiger partial charge >= 0.3 is 0 Å². The Bertz CT molecular complexity index is 463. The largest absolute Gasteiger partial charge is 0.385 e. The lowest BCUT2D eigenvalue weighted by Gasteiger charge is -2.09. The number of ether oxygens (including phenoxy) is 1. The van der Waals surface area contributed by atoms with Gasteiger partial charge in [-0.15, -0.1) is 0 Å². The van der Waals surface area contributed by atoms with Gasteiger partial charge in [0.05, 0.1) is 10.7 Å². The van der Waals surface area contributed by atoms with E-state index in [1.54, 1.807) is 25.3 Å². The summed E-state index contributed by atoms with van der Waals surface area (Å²) in [7, 11) is 1.59. The zero-order chi connectivity index (χ0) is 14.3. The third kappa shape index (κ3) is 5.72. The third-order valence-corrected chi connectivity index (χ3v) is 2.64. The number of rotatable bonds is 6. The molecule has 0 aliphatic carbocycles. The van der Waals surface area contributed by atoms with Crippen LogP contribution in [0, 0.1) is 0 Å². The highest BCUT2D eigenvalue weighted by atomic mass is 35.5. The summed E-state index contributed by atoms with van der Waals surface area (Å²) < 4.78 is 4.88. The highest BCUT2D eigenvalue weighted by molar-refractivity contribution is 6.33. The van der Waals surface area contributed by atoms with E-state index < -0.39 is 0 Å². The van der Waals surface area contributed by atoms with E-state index >= 15 is 0 Å². The van der Waals surface area contributed by atoms with E-state index in [0.29, 0.717) is 35.8 Å². The Balaban J connectivity index is 2.63. The van der Waals surface area contributed by atoms with Crippen LogP contribution in [-0.4, -0.2) is 25.5 Å². The molecule has 0 aliphatic heterocycles. The van der Waals surface area contributed by atoms with E-state index in [4.69, 9.17) is 16.3 Å². The quantitative estimate of drug-likeness (QED) is 0.789. The number of benzene rings is 1. The number of halogens is 1. The first-order valence-corrected chi connectivity index (χ1v) is 6.26. The van der Waals surface area contributed by atoms with E-state index in [1.807, 2.05) is 0 Å². The first-order valence-electron chi connectivity index (χ1n) is 5.89. The number of carbonyl (C=O) groups is 2. The Morgan fingerprint density at radius 2 is 2.05 bits per heavy atom. The summed E-state index contributed by atoms with van der Waals surface area (Å²) in [4.78, 5) is 22.6. The van der Waals surface area contributed by atoms with Crippen molar-refractivity contribution in [2.24, 2.45) is 0 Å². The summed E-state index contributed by atoms with van der Waals surface area (Å²) in [5.41, 5.74) is 1.07. The molecule has 0 radical (unpaired) electrons. The van der Waals surface area contributed by atoms with E-state index in [2.05, 4.69) is 10.6 Å². The number of hydrogen-bond acceptors (Lipinski definition) is 3. The fraction of sp³-hybridized carbons (Fsp3) is 0.385. The molecule has 0 unspecified atom stereocenters. The molecule has 0 saturated heterocycles. The Kier molecular flexibility index (Phi) is 6.32. The van der Waals surface area contributed by atoms with Crippen LogP contribution in [0.3, 0.4) is 0 Å². The van der Waals surface area contributed by atoms with Gasteiger partial charge in [0.1, 0.15) is 0 Å². The second-order valence-corrected chi connectivity index (χ2v) is 4.43. The molecule has 1 aromatic rings.